The molecule has 0 saturated heterocycles. The molecule has 0 aromatic rings. The van der Waals surface area contributed by atoms with Gasteiger partial charge in [0.15, 0.2) is 5.78 Å². The third-order valence-corrected chi connectivity index (χ3v) is 12.3. The van der Waals surface area contributed by atoms with E-state index in [2.05, 4.69) is 41.5 Å². The number of hydrogen-bond acceptors (Lipinski definition) is 4. The van der Waals surface area contributed by atoms with E-state index in [1.165, 1.54) is 12.7 Å². The Morgan fingerprint density at radius 1 is 0.941 bits per heavy atom. The molecule has 34 heavy (non-hydrogen) atoms. The number of Topliss-reactive ketones (excluding diaryl/α,β-unsaturated/α-hetero) is 1. The van der Waals surface area contributed by atoms with Gasteiger partial charge in [0.2, 0.25) is 0 Å². The molecule has 0 heterocycles. The topological polar surface area (TPSA) is 60.4 Å². The molecule has 5 rings (SSSR count). The van der Waals surface area contributed by atoms with Crippen molar-refractivity contribution in [3.8, 4) is 0 Å². The molecule has 4 heteroatoms. The summed E-state index contributed by atoms with van der Waals surface area (Å²) in [4.78, 5) is 40.1. The smallest absolute Gasteiger partial charge is 0.312 e. The molecule has 4 nitrogen and oxygen atoms in total. The average molecular weight is 469 g/mol. The van der Waals surface area contributed by atoms with Crippen LogP contribution in [0.3, 0.4) is 0 Å². The summed E-state index contributed by atoms with van der Waals surface area (Å²) < 4.78 is 5.41. The molecular formula is C30H44O4. The monoisotopic (exact) mass is 468 g/mol. The van der Waals surface area contributed by atoms with Gasteiger partial charge in [-0.3, -0.25) is 14.4 Å². The lowest BCUT2D eigenvalue weighted by Crippen LogP contribution is -2.65. The van der Waals surface area contributed by atoms with E-state index in [-0.39, 0.29) is 51.2 Å². The quantitative estimate of drug-likeness (QED) is 0.423. The van der Waals surface area contributed by atoms with Crippen LogP contribution >= 0.6 is 0 Å². The highest BCUT2D eigenvalue weighted by atomic mass is 16.5. The van der Waals surface area contributed by atoms with Gasteiger partial charge in [0.1, 0.15) is 5.78 Å². The van der Waals surface area contributed by atoms with Crippen LogP contribution in [0.5, 0.6) is 0 Å². The van der Waals surface area contributed by atoms with Crippen LogP contribution in [-0.2, 0) is 19.1 Å². The number of carbonyl (C=O) groups excluding carboxylic acids is 3. The number of carbonyl (C=O) groups is 3. The lowest BCUT2D eigenvalue weighted by molar-refractivity contribution is -0.191. The van der Waals surface area contributed by atoms with Crippen molar-refractivity contribution in [3.63, 3.8) is 0 Å². The molecule has 5 aliphatic rings. The average Bonchev–Trinajstić information content (AvgIpc) is 2.77. The summed E-state index contributed by atoms with van der Waals surface area (Å²) in [5.41, 5.74) is 0.559. The van der Waals surface area contributed by atoms with Crippen LogP contribution in [0.1, 0.15) is 99.3 Å². The van der Waals surface area contributed by atoms with Crippen molar-refractivity contribution < 1.29 is 19.1 Å². The van der Waals surface area contributed by atoms with Gasteiger partial charge in [-0.1, -0.05) is 47.1 Å². The Morgan fingerprint density at radius 3 is 2.29 bits per heavy atom. The van der Waals surface area contributed by atoms with Gasteiger partial charge in [-0.25, -0.2) is 0 Å². The molecule has 0 spiro atoms. The number of methoxy groups -OCH3 is 1. The molecule has 0 radical (unpaired) electrons. The first-order valence-corrected chi connectivity index (χ1v) is 13.6. The molecule has 4 saturated carbocycles. The summed E-state index contributed by atoms with van der Waals surface area (Å²) in [6.07, 6.45) is 10.0. The molecule has 1 unspecified atom stereocenters. The van der Waals surface area contributed by atoms with Gasteiger partial charge in [0, 0.05) is 18.3 Å². The summed E-state index contributed by atoms with van der Waals surface area (Å²) in [6.45, 7) is 13.8. The van der Waals surface area contributed by atoms with Crippen LogP contribution in [0.2, 0.25) is 0 Å². The van der Waals surface area contributed by atoms with E-state index < -0.39 is 5.41 Å². The normalized spacial score (nSPS) is 49.7. The van der Waals surface area contributed by atoms with Crippen molar-refractivity contribution in [2.75, 3.05) is 7.11 Å². The first-order valence-electron chi connectivity index (χ1n) is 13.6. The summed E-state index contributed by atoms with van der Waals surface area (Å²) in [5, 5.41) is 0. The zero-order valence-electron chi connectivity index (χ0n) is 22.4. The third kappa shape index (κ3) is 2.86. The second-order valence-corrected chi connectivity index (χ2v) is 14.1. The zero-order chi connectivity index (χ0) is 24.9. The zero-order valence-corrected chi connectivity index (χ0v) is 22.4. The van der Waals surface area contributed by atoms with Crippen molar-refractivity contribution in [2.24, 2.45) is 50.7 Å². The lowest BCUT2D eigenvalue weighted by atomic mass is 9.34. The van der Waals surface area contributed by atoms with E-state index in [0.717, 1.165) is 51.4 Å². The van der Waals surface area contributed by atoms with E-state index in [4.69, 9.17) is 4.74 Å². The molecular weight excluding hydrogens is 424 g/mol. The maximum absolute atomic E-state index is 14.2. The van der Waals surface area contributed by atoms with Gasteiger partial charge in [-0.05, 0) is 90.9 Å². The van der Waals surface area contributed by atoms with Gasteiger partial charge in [-0.2, -0.15) is 0 Å². The van der Waals surface area contributed by atoms with Crippen LogP contribution in [0.15, 0.2) is 11.6 Å². The Bertz CT molecular complexity index is 976. The van der Waals surface area contributed by atoms with Crippen molar-refractivity contribution in [1.82, 2.24) is 0 Å². The van der Waals surface area contributed by atoms with Crippen LogP contribution < -0.4 is 0 Å². The predicted octanol–water partition coefficient (Wildman–Crippen LogP) is 6.32. The van der Waals surface area contributed by atoms with E-state index >= 15 is 0 Å². The Morgan fingerprint density at radius 2 is 1.62 bits per heavy atom. The predicted molar refractivity (Wildman–Crippen MR) is 132 cm³/mol. The van der Waals surface area contributed by atoms with Crippen molar-refractivity contribution in [2.45, 2.75) is 99.3 Å². The van der Waals surface area contributed by atoms with Gasteiger partial charge < -0.3 is 4.74 Å². The van der Waals surface area contributed by atoms with E-state index in [1.54, 1.807) is 0 Å². The molecule has 0 aromatic carbocycles. The minimum Gasteiger partial charge on any atom is -0.469 e. The largest absolute Gasteiger partial charge is 0.469 e. The fourth-order valence-corrected chi connectivity index (χ4v) is 9.99. The molecule has 4 fully saturated rings. The number of rotatable bonds is 1. The summed E-state index contributed by atoms with van der Waals surface area (Å²) in [6, 6.07) is 0. The number of esters is 1. The summed E-state index contributed by atoms with van der Waals surface area (Å²) in [7, 11) is 1.51. The van der Waals surface area contributed by atoms with Gasteiger partial charge >= 0.3 is 5.97 Å². The van der Waals surface area contributed by atoms with Gasteiger partial charge in [0.05, 0.1) is 12.5 Å². The minimum atomic E-state index is -0.529. The second-order valence-electron chi connectivity index (χ2n) is 14.1. The molecule has 0 aromatic heterocycles. The molecule has 8 atom stereocenters. The molecule has 0 aliphatic heterocycles. The Kier molecular flexibility index (Phi) is 5.20. The lowest BCUT2D eigenvalue weighted by Gasteiger charge is -2.68. The van der Waals surface area contributed by atoms with Crippen LogP contribution in [-0.4, -0.2) is 24.6 Å². The van der Waals surface area contributed by atoms with Crippen LogP contribution in [0, 0.1) is 50.7 Å². The van der Waals surface area contributed by atoms with Crippen LogP contribution in [0.4, 0.5) is 0 Å². The highest BCUT2D eigenvalue weighted by Crippen LogP contribution is 2.74. The Labute approximate surface area is 205 Å². The Hall–Kier alpha value is -1.45. The summed E-state index contributed by atoms with van der Waals surface area (Å²) in [5.74, 6) is 0.811. The third-order valence-electron chi connectivity index (χ3n) is 12.3. The number of hydrogen-bond donors (Lipinski definition) is 0. The number of ether oxygens (including phenoxy) is 1. The van der Waals surface area contributed by atoms with E-state index in [1.807, 2.05) is 6.08 Å². The van der Waals surface area contributed by atoms with Crippen molar-refractivity contribution in [1.29, 1.82) is 0 Å². The first kappa shape index (κ1) is 24.3. The van der Waals surface area contributed by atoms with E-state index in [9.17, 15) is 14.4 Å². The number of ketones is 2. The first-order chi connectivity index (χ1) is 15.8. The minimum absolute atomic E-state index is 0.0296. The molecule has 188 valence electrons. The van der Waals surface area contributed by atoms with Crippen LogP contribution in [0.25, 0.3) is 0 Å². The maximum Gasteiger partial charge on any atom is 0.312 e. The highest BCUT2D eigenvalue weighted by Gasteiger charge is 2.70. The second kappa shape index (κ2) is 7.29. The van der Waals surface area contributed by atoms with E-state index in [0.29, 0.717) is 18.1 Å². The maximum atomic E-state index is 14.2. The fraction of sp³-hybridized carbons (Fsp3) is 0.833. The van der Waals surface area contributed by atoms with Crippen molar-refractivity contribution in [3.05, 3.63) is 11.6 Å². The highest BCUT2D eigenvalue weighted by molar-refractivity contribution is 5.96. The number of fused-ring (bicyclic) bond motifs is 7. The van der Waals surface area contributed by atoms with Crippen molar-refractivity contribution >= 4 is 17.5 Å². The SMILES string of the molecule is COC(=O)[C@]12CCC(C)(C)C[C@H]1[C@H]1C(=O)C=C3[C@@]4(C)CCC(=O)C(C)[C@@H]4CC[C@@]3(C)[C@]1(C)CC2. The fourth-order valence-electron chi connectivity index (χ4n) is 9.99. The standard InChI is InChI=1S/C30H44O4/c1-18-19-8-11-28(5)23(27(19,4)10-9-21(18)31)16-22(32)24-20-17-26(2,3)12-14-30(20,25(33)34-7)15-13-29(24,28)6/h16,18-20,24H,8-15,17H2,1-7H3/t18?,19-,20-,24-,27-,28+,29+,30-/m0/s1. The molecule has 0 N–H and O–H groups in total. The number of allylic oxidation sites excluding steroid dienone is 2. The van der Waals surface area contributed by atoms with Gasteiger partial charge in [-0.15, -0.1) is 0 Å². The Balaban J connectivity index is 1.65. The molecule has 5 aliphatic carbocycles. The van der Waals surface area contributed by atoms with Gasteiger partial charge in [0.25, 0.3) is 0 Å². The molecule has 0 amide bonds. The molecule has 0 bridgehead atoms. The summed E-state index contributed by atoms with van der Waals surface area (Å²) >= 11 is 0.